The number of carboxylic acids is 1. The first kappa shape index (κ1) is 15.3. The molecule has 3 unspecified atom stereocenters. The van der Waals surface area contributed by atoms with E-state index in [9.17, 15) is 9.59 Å². The maximum atomic E-state index is 12.4. The van der Waals surface area contributed by atoms with Crippen LogP contribution in [0.2, 0.25) is 0 Å². The molecule has 1 aliphatic heterocycles. The molecule has 0 radical (unpaired) electrons. The van der Waals surface area contributed by atoms with Gasteiger partial charge < -0.3 is 15.7 Å². The summed E-state index contributed by atoms with van der Waals surface area (Å²) >= 11 is 0. The molecule has 0 spiro atoms. The predicted molar refractivity (Wildman–Crippen MR) is 75.2 cm³/mol. The molecule has 2 rings (SSSR count). The minimum absolute atomic E-state index is 0.0715. The maximum absolute atomic E-state index is 12.4. The molecule has 1 heterocycles. The summed E-state index contributed by atoms with van der Waals surface area (Å²) in [6.45, 7) is 4.22. The summed E-state index contributed by atoms with van der Waals surface area (Å²) in [5.74, 6) is -0.520. The first-order chi connectivity index (χ1) is 9.49. The number of nitrogens with two attached hydrogens (primary N) is 1. The van der Waals surface area contributed by atoms with Crippen LogP contribution in [0.5, 0.6) is 0 Å². The van der Waals surface area contributed by atoms with Gasteiger partial charge in [0.25, 0.3) is 0 Å². The zero-order chi connectivity index (χ0) is 14.7. The highest BCUT2D eigenvalue weighted by Crippen LogP contribution is 2.25. The topological polar surface area (TPSA) is 86.9 Å². The number of carbonyl (C=O) groups is 2. The highest BCUT2D eigenvalue weighted by atomic mass is 16.4. The molecule has 6 heteroatoms. The van der Waals surface area contributed by atoms with Crippen molar-refractivity contribution in [2.24, 2.45) is 11.7 Å². The molecule has 1 amide bonds. The van der Waals surface area contributed by atoms with Crippen molar-refractivity contribution in [1.29, 1.82) is 0 Å². The number of hydrogen-bond acceptors (Lipinski definition) is 4. The van der Waals surface area contributed by atoms with Gasteiger partial charge in [0.05, 0.1) is 0 Å². The largest absolute Gasteiger partial charge is 0.480 e. The van der Waals surface area contributed by atoms with Crippen LogP contribution in [-0.2, 0) is 9.59 Å². The van der Waals surface area contributed by atoms with Crippen LogP contribution in [0.15, 0.2) is 0 Å². The monoisotopic (exact) mass is 283 g/mol. The van der Waals surface area contributed by atoms with E-state index in [2.05, 4.69) is 0 Å². The fraction of sp³-hybridized carbons (Fsp3) is 0.857. The van der Waals surface area contributed by atoms with Crippen molar-refractivity contribution in [3.8, 4) is 0 Å². The number of hydrogen-bond donors (Lipinski definition) is 2. The van der Waals surface area contributed by atoms with Crippen molar-refractivity contribution in [3.05, 3.63) is 0 Å². The summed E-state index contributed by atoms with van der Waals surface area (Å²) in [6.07, 6.45) is 3.80. The van der Waals surface area contributed by atoms with Gasteiger partial charge in [0, 0.05) is 38.1 Å². The van der Waals surface area contributed by atoms with Crippen LogP contribution in [0.3, 0.4) is 0 Å². The van der Waals surface area contributed by atoms with Gasteiger partial charge in [0.15, 0.2) is 0 Å². The first-order valence-corrected chi connectivity index (χ1v) is 7.50. The second-order valence-corrected chi connectivity index (χ2v) is 6.00. The fourth-order valence-electron chi connectivity index (χ4n) is 3.20. The lowest BCUT2D eigenvalue weighted by atomic mass is 9.85. The first-order valence-electron chi connectivity index (χ1n) is 7.50. The quantitative estimate of drug-likeness (QED) is 0.768. The molecule has 1 aliphatic carbocycles. The van der Waals surface area contributed by atoms with Gasteiger partial charge in [-0.15, -0.1) is 0 Å². The Labute approximate surface area is 119 Å². The van der Waals surface area contributed by atoms with Crippen molar-refractivity contribution < 1.29 is 14.7 Å². The summed E-state index contributed by atoms with van der Waals surface area (Å²) in [6, 6.07) is -0.318. The minimum Gasteiger partial charge on any atom is -0.480 e. The number of piperazine rings is 1. The number of rotatable bonds is 3. The van der Waals surface area contributed by atoms with E-state index in [-0.39, 0.29) is 17.9 Å². The molecule has 114 valence electrons. The fourth-order valence-corrected chi connectivity index (χ4v) is 3.20. The molecular weight excluding hydrogens is 258 g/mol. The van der Waals surface area contributed by atoms with E-state index < -0.39 is 12.0 Å². The maximum Gasteiger partial charge on any atom is 0.320 e. The van der Waals surface area contributed by atoms with Crippen LogP contribution in [0.4, 0.5) is 0 Å². The lowest BCUT2D eigenvalue weighted by molar-refractivity contribution is -0.144. The summed E-state index contributed by atoms with van der Waals surface area (Å²) in [4.78, 5) is 27.2. The van der Waals surface area contributed by atoms with E-state index in [1.165, 1.54) is 0 Å². The van der Waals surface area contributed by atoms with Gasteiger partial charge in [-0.2, -0.15) is 0 Å². The Bertz CT molecular complexity index is 367. The van der Waals surface area contributed by atoms with Crippen LogP contribution in [-0.4, -0.2) is 65.0 Å². The molecular formula is C14H25N3O3. The van der Waals surface area contributed by atoms with Crippen molar-refractivity contribution in [3.63, 3.8) is 0 Å². The van der Waals surface area contributed by atoms with Crippen molar-refractivity contribution >= 4 is 11.9 Å². The van der Waals surface area contributed by atoms with Crippen LogP contribution in [0.1, 0.15) is 32.6 Å². The molecule has 0 aromatic heterocycles. The molecule has 1 saturated carbocycles. The second-order valence-electron chi connectivity index (χ2n) is 6.00. The zero-order valence-corrected chi connectivity index (χ0v) is 12.1. The third kappa shape index (κ3) is 3.49. The zero-order valence-electron chi connectivity index (χ0n) is 12.1. The molecule has 20 heavy (non-hydrogen) atoms. The highest BCUT2D eigenvalue weighted by molar-refractivity contribution is 5.79. The van der Waals surface area contributed by atoms with Crippen LogP contribution in [0.25, 0.3) is 0 Å². The molecule has 6 nitrogen and oxygen atoms in total. The average Bonchev–Trinajstić information content (AvgIpc) is 2.46. The molecule has 3 atom stereocenters. The van der Waals surface area contributed by atoms with Gasteiger partial charge in [-0.05, 0) is 26.2 Å². The van der Waals surface area contributed by atoms with Gasteiger partial charge in [-0.3, -0.25) is 14.5 Å². The van der Waals surface area contributed by atoms with E-state index >= 15 is 0 Å². The highest BCUT2D eigenvalue weighted by Gasteiger charge is 2.32. The molecule has 0 aromatic carbocycles. The van der Waals surface area contributed by atoms with Crippen LogP contribution < -0.4 is 5.73 Å². The Morgan fingerprint density at radius 3 is 2.40 bits per heavy atom. The van der Waals surface area contributed by atoms with Crippen molar-refractivity contribution in [2.45, 2.75) is 44.7 Å². The molecule has 3 N–H and O–H groups in total. The van der Waals surface area contributed by atoms with E-state index in [0.717, 1.165) is 25.7 Å². The van der Waals surface area contributed by atoms with Crippen LogP contribution in [0, 0.1) is 5.92 Å². The molecule has 2 aliphatic rings. The third-order valence-corrected chi connectivity index (χ3v) is 4.60. The number of nitrogens with zero attached hydrogens (tertiary/aromatic N) is 2. The van der Waals surface area contributed by atoms with Gasteiger partial charge in [0.1, 0.15) is 6.04 Å². The van der Waals surface area contributed by atoms with Crippen LogP contribution >= 0.6 is 0 Å². The van der Waals surface area contributed by atoms with Gasteiger partial charge in [-0.25, -0.2) is 0 Å². The number of carbonyl (C=O) groups excluding carboxylic acids is 1. The van der Waals surface area contributed by atoms with Gasteiger partial charge >= 0.3 is 5.97 Å². The Morgan fingerprint density at radius 2 is 1.85 bits per heavy atom. The molecule has 0 aromatic rings. The second kappa shape index (κ2) is 6.54. The smallest absolute Gasteiger partial charge is 0.320 e. The lowest BCUT2D eigenvalue weighted by Gasteiger charge is -2.39. The van der Waals surface area contributed by atoms with Crippen molar-refractivity contribution in [2.75, 3.05) is 26.2 Å². The standard InChI is InChI=1S/C14H25N3O3/c1-10(14(19)20)16-5-7-17(8-6-16)13(18)11-3-2-4-12(15)9-11/h10-12H,2-9,15H2,1H3,(H,19,20). The molecule has 1 saturated heterocycles. The van der Waals surface area contributed by atoms with E-state index in [0.29, 0.717) is 26.2 Å². The predicted octanol–water partition coefficient (Wildman–Crippen LogP) is 0.121. The average molecular weight is 283 g/mol. The Hall–Kier alpha value is -1.14. The van der Waals surface area contributed by atoms with E-state index in [4.69, 9.17) is 10.8 Å². The summed E-state index contributed by atoms with van der Waals surface area (Å²) < 4.78 is 0. The SMILES string of the molecule is CC(C(=O)O)N1CCN(C(=O)C2CCCC(N)C2)CC1. The Kier molecular flexibility index (Phi) is 4.99. The van der Waals surface area contributed by atoms with Crippen molar-refractivity contribution in [1.82, 2.24) is 9.80 Å². The third-order valence-electron chi connectivity index (χ3n) is 4.60. The normalized spacial score (nSPS) is 30.0. The van der Waals surface area contributed by atoms with Gasteiger partial charge in [-0.1, -0.05) is 6.42 Å². The Morgan fingerprint density at radius 1 is 1.20 bits per heavy atom. The van der Waals surface area contributed by atoms with E-state index in [1.54, 1.807) is 6.92 Å². The molecule has 2 fully saturated rings. The van der Waals surface area contributed by atoms with Gasteiger partial charge in [0.2, 0.25) is 5.91 Å². The molecule has 0 bridgehead atoms. The summed E-state index contributed by atoms with van der Waals surface area (Å²) in [5, 5.41) is 9.01. The lowest BCUT2D eigenvalue weighted by Crippen LogP contribution is -2.54. The Balaban J connectivity index is 1.84. The number of carboxylic acid groups (broad SMARTS) is 1. The minimum atomic E-state index is -0.803. The number of amides is 1. The van der Waals surface area contributed by atoms with E-state index in [1.807, 2.05) is 9.80 Å². The summed E-state index contributed by atoms with van der Waals surface area (Å²) in [7, 11) is 0. The summed E-state index contributed by atoms with van der Waals surface area (Å²) in [5.41, 5.74) is 5.94. The number of aliphatic carboxylic acids is 1.